The van der Waals surface area contributed by atoms with Crippen LogP contribution < -0.4 is 0 Å². The van der Waals surface area contributed by atoms with Crippen LogP contribution in [-0.2, 0) is 11.2 Å². The first-order valence-electron chi connectivity index (χ1n) is 6.25. The first-order chi connectivity index (χ1) is 8.29. The smallest absolute Gasteiger partial charge is 0.409 e. The second-order valence-corrected chi connectivity index (χ2v) is 4.49. The highest BCUT2D eigenvalue weighted by molar-refractivity contribution is 5.67. The molecule has 3 nitrogen and oxygen atoms in total. The van der Waals surface area contributed by atoms with E-state index in [0.29, 0.717) is 12.5 Å². The molecule has 0 radical (unpaired) electrons. The molecule has 0 N–H and O–H groups in total. The number of amides is 1. The highest BCUT2D eigenvalue weighted by Crippen LogP contribution is 2.21. The van der Waals surface area contributed by atoms with Gasteiger partial charge in [0.1, 0.15) is 0 Å². The van der Waals surface area contributed by atoms with Crippen LogP contribution in [0.3, 0.4) is 0 Å². The van der Waals surface area contributed by atoms with Crippen LogP contribution in [0.1, 0.15) is 18.9 Å². The summed E-state index contributed by atoms with van der Waals surface area (Å²) in [4.78, 5) is 13.4. The molecule has 0 saturated carbocycles. The summed E-state index contributed by atoms with van der Waals surface area (Å²) in [5, 5.41) is 0. The molecule has 1 aliphatic heterocycles. The van der Waals surface area contributed by atoms with Crippen LogP contribution in [0, 0.1) is 5.92 Å². The summed E-state index contributed by atoms with van der Waals surface area (Å²) in [6.07, 6.45) is 1.97. The third kappa shape index (κ3) is 3.22. The molecule has 0 spiro atoms. The summed E-state index contributed by atoms with van der Waals surface area (Å²) in [5.74, 6) is 0.571. The molecule has 2 rings (SSSR count). The Balaban J connectivity index is 1.84. The van der Waals surface area contributed by atoms with Gasteiger partial charge in [-0.25, -0.2) is 4.79 Å². The molecule has 1 aromatic carbocycles. The number of nitrogens with zero attached hydrogens (tertiary/aromatic N) is 1. The molecule has 1 amide bonds. The Bertz CT molecular complexity index is 364. The summed E-state index contributed by atoms with van der Waals surface area (Å²) in [7, 11) is 0. The number of benzene rings is 1. The van der Waals surface area contributed by atoms with Crippen LogP contribution in [0.25, 0.3) is 0 Å². The molecular formula is C14H19NO2. The van der Waals surface area contributed by atoms with E-state index in [9.17, 15) is 4.79 Å². The average molecular weight is 233 g/mol. The summed E-state index contributed by atoms with van der Waals surface area (Å²) >= 11 is 0. The van der Waals surface area contributed by atoms with Gasteiger partial charge in [-0.05, 0) is 31.2 Å². The lowest BCUT2D eigenvalue weighted by molar-refractivity contribution is 0.114. The summed E-state index contributed by atoms with van der Waals surface area (Å²) in [6, 6.07) is 10.4. The van der Waals surface area contributed by atoms with Crippen molar-refractivity contribution < 1.29 is 9.53 Å². The fraction of sp³-hybridized carbons (Fsp3) is 0.500. The largest absolute Gasteiger partial charge is 0.450 e. The Labute approximate surface area is 102 Å². The average Bonchev–Trinajstić information content (AvgIpc) is 2.79. The predicted octanol–water partition coefficient (Wildman–Crippen LogP) is 2.71. The van der Waals surface area contributed by atoms with Crippen LogP contribution in [0.5, 0.6) is 0 Å². The summed E-state index contributed by atoms with van der Waals surface area (Å²) in [6.45, 7) is 3.96. The van der Waals surface area contributed by atoms with Crippen molar-refractivity contribution in [1.82, 2.24) is 4.90 Å². The normalized spacial score (nSPS) is 19.4. The fourth-order valence-electron chi connectivity index (χ4n) is 2.33. The monoisotopic (exact) mass is 233 g/mol. The van der Waals surface area contributed by atoms with Gasteiger partial charge in [-0.1, -0.05) is 30.3 Å². The van der Waals surface area contributed by atoms with Gasteiger partial charge in [-0.2, -0.15) is 0 Å². The molecule has 1 unspecified atom stereocenters. The lowest BCUT2D eigenvalue weighted by Crippen LogP contribution is -2.29. The molecule has 17 heavy (non-hydrogen) atoms. The molecule has 92 valence electrons. The van der Waals surface area contributed by atoms with Gasteiger partial charge in [0.05, 0.1) is 6.61 Å². The van der Waals surface area contributed by atoms with Gasteiger partial charge >= 0.3 is 6.09 Å². The highest BCUT2D eigenvalue weighted by Gasteiger charge is 2.26. The van der Waals surface area contributed by atoms with Crippen molar-refractivity contribution in [1.29, 1.82) is 0 Å². The topological polar surface area (TPSA) is 29.5 Å². The van der Waals surface area contributed by atoms with Gasteiger partial charge in [0.15, 0.2) is 0 Å². The Morgan fingerprint density at radius 1 is 1.41 bits per heavy atom. The van der Waals surface area contributed by atoms with E-state index in [-0.39, 0.29) is 6.09 Å². The van der Waals surface area contributed by atoms with Crippen LogP contribution in [0.2, 0.25) is 0 Å². The molecule has 1 atom stereocenters. The molecule has 0 aliphatic carbocycles. The maximum atomic E-state index is 11.5. The number of carbonyl (C=O) groups excluding carboxylic acids is 1. The molecule has 1 saturated heterocycles. The van der Waals surface area contributed by atoms with Crippen molar-refractivity contribution in [2.75, 3.05) is 19.7 Å². The number of rotatable bonds is 3. The number of likely N-dealkylation sites (tertiary alicyclic amines) is 1. The van der Waals surface area contributed by atoms with E-state index in [0.717, 1.165) is 25.9 Å². The van der Waals surface area contributed by atoms with Crippen molar-refractivity contribution in [2.45, 2.75) is 19.8 Å². The van der Waals surface area contributed by atoms with E-state index in [4.69, 9.17) is 4.74 Å². The summed E-state index contributed by atoms with van der Waals surface area (Å²) in [5.41, 5.74) is 1.35. The Morgan fingerprint density at radius 3 is 2.88 bits per heavy atom. The van der Waals surface area contributed by atoms with Gasteiger partial charge < -0.3 is 9.64 Å². The zero-order valence-corrected chi connectivity index (χ0v) is 10.3. The third-order valence-corrected chi connectivity index (χ3v) is 3.18. The standard InChI is InChI=1S/C14H19NO2/c1-2-17-14(16)15-9-8-13(11-15)10-12-6-4-3-5-7-12/h3-7,13H,2,8-11H2,1H3. The van der Waals surface area contributed by atoms with E-state index in [2.05, 4.69) is 24.3 Å². The van der Waals surface area contributed by atoms with Crippen molar-refractivity contribution in [3.63, 3.8) is 0 Å². The SMILES string of the molecule is CCOC(=O)N1CCC(Cc2ccccc2)C1. The zero-order chi connectivity index (χ0) is 12.1. The molecule has 0 bridgehead atoms. The van der Waals surface area contributed by atoms with Gasteiger partial charge in [0.2, 0.25) is 0 Å². The Kier molecular flexibility index (Phi) is 4.02. The van der Waals surface area contributed by atoms with E-state index in [1.807, 2.05) is 17.9 Å². The molecule has 1 heterocycles. The third-order valence-electron chi connectivity index (χ3n) is 3.18. The Hall–Kier alpha value is -1.51. The molecular weight excluding hydrogens is 214 g/mol. The Morgan fingerprint density at radius 2 is 2.18 bits per heavy atom. The maximum absolute atomic E-state index is 11.5. The first-order valence-corrected chi connectivity index (χ1v) is 6.25. The van der Waals surface area contributed by atoms with Gasteiger partial charge in [0, 0.05) is 13.1 Å². The second-order valence-electron chi connectivity index (χ2n) is 4.49. The van der Waals surface area contributed by atoms with Crippen molar-refractivity contribution in [3.05, 3.63) is 35.9 Å². The van der Waals surface area contributed by atoms with E-state index >= 15 is 0 Å². The van der Waals surface area contributed by atoms with Gasteiger partial charge in [-0.3, -0.25) is 0 Å². The van der Waals surface area contributed by atoms with Crippen molar-refractivity contribution in [2.24, 2.45) is 5.92 Å². The lowest BCUT2D eigenvalue weighted by atomic mass is 9.99. The quantitative estimate of drug-likeness (QED) is 0.803. The van der Waals surface area contributed by atoms with E-state index < -0.39 is 0 Å². The second kappa shape index (κ2) is 5.71. The molecule has 3 heteroatoms. The van der Waals surface area contributed by atoms with Crippen molar-refractivity contribution >= 4 is 6.09 Å². The number of hydrogen-bond acceptors (Lipinski definition) is 2. The van der Waals surface area contributed by atoms with Gasteiger partial charge in [0.25, 0.3) is 0 Å². The number of hydrogen-bond donors (Lipinski definition) is 0. The van der Waals surface area contributed by atoms with E-state index in [1.54, 1.807) is 0 Å². The molecule has 1 aliphatic rings. The minimum absolute atomic E-state index is 0.164. The minimum Gasteiger partial charge on any atom is -0.450 e. The van der Waals surface area contributed by atoms with Crippen LogP contribution in [-0.4, -0.2) is 30.7 Å². The molecule has 1 fully saturated rings. The molecule has 1 aromatic rings. The highest BCUT2D eigenvalue weighted by atomic mass is 16.6. The predicted molar refractivity (Wildman–Crippen MR) is 66.8 cm³/mol. The first kappa shape index (κ1) is 12.0. The minimum atomic E-state index is -0.164. The van der Waals surface area contributed by atoms with Crippen LogP contribution in [0.15, 0.2) is 30.3 Å². The van der Waals surface area contributed by atoms with Crippen molar-refractivity contribution in [3.8, 4) is 0 Å². The van der Waals surface area contributed by atoms with Crippen LogP contribution >= 0.6 is 0 Å². The summed E-state index contributed by atoms with van der Waals surface area (Å²) < 4.78 is 5.01. The van der Waals surface area contributed by atoms with E-state index in [1.165, 1.54) is 5.56 Å². The maximum Gasteiger partial charge on any atom is 0.409 e. The number of carbonyl (C=O) groups is 1. The number of ether oxygens (including phenoxy) is 1. The molecule has 0 aromatic heterocycles. The zero-order valence-electron chi connectivity index (χ0n) is 10.3. The fourth-order valence-corrected chi connectivity index (χ4v) is 2.33. The van der Waals surface area contributed by atoms with Gasteiger partial charge in [-0.15, -0.1) is 0 Å². The lowest BCUT2D eigenvalue weighted by Gasteiger charge is -2.15. The van der Waals surface area contributed by atoms with Crippen LogP contribution in [0.4, 0.5) is 4.79 Å².